The number of fused-ring (bicyclic) bond motifs is 1. The van der Waals surface area contributed by atoms with Crippen molar-refractivity contribution in [1.29, 1.82) is 5.26 Å². The van der Waals surface area contributed by atoms with Gasteiger partial charge in [-0.25, -0.2) is 4.98 Å². The van der Waals surface area contributed by atoms with Gasteiger partial charge in [-0.3, -0.25) is 0 Å². The largest absolute Gasteiger partial charge is 0.246 e. The highest BCUT2D eigenvalue weighted by Gasteiger charge is 2.35. The Balaban J connectivity index is 1.89. The van der Waals surface area contributed by atoms with Gasteiger partial charge in [-0.1, -0.05) is 24.3 Å². The van der Waals surface area contributed by atoms with Gasteiger partial charge >= 0.3 is 0 Å². The molecule has 0 spiro atoms. The van der Waals surface area contributed by atoms with E-state index in [-0.39, 0.29) is 5.41 Å². The minimum absolute atomic E-state index is 0.273. The first-order chi connectivity index (χ1) is 9.62. The molecule has 102 valence electrons. The van der Waals surface area contributed by atoms with Crippen molar-refractivity contribution in [2.24, 2.45) is 5.41 Å². The van der Waals surface area contributed by atoms with Crippen LogP contribution in [0.1, 0.15) is 33.1 Å². The Morgan fingerprint density at radius 3 is 2.70 bits per heavy atom. The number of hydrogen-bond donors (Lipinski definition) is 0. The minimum atomic E-state index is -0.273. The summed E-state index contributed by atoms with van der Waals surface area (Å²) in [6.45, 7) is 4.15. The van der Waals surface area contributed by atoms with E-state index in [0.717, 1.165) is 36.4 Å². The summed E-state index contributed by atoms with van der Waals surface area (Å²) in [5.74, 6) is 0. The standard InChI is InChI=1S/C17H18N2S/c1-12-13(2)20-16(19-12)10-17(11-18)8-7-14-5-3-4-6-15(14)9-17/h3-6H,7-10H2,1-2H3. The van der Waals surface area contributed by atoms with Crippen molar-refractivity contribution in [1.82, 2.24) is 4.98 Å². The smallest absolute Gasteiger partial charge is 0.0946 e. The zero-order valence-electron chi connectivity index (χ0n) is 11.9. The second kappa shape index (κ2) is 5.03. The van der Waals surface area contributed by atoms with Gasteiger partial charge in [0.05, 0.1) is 22.2 Å². The summed E-state index contributed by atoms with van der Waals surface area (Å²) in [7, 11) is 0. The molecule has 1 aliphatic carbocycles. The molecule has 1 aromatic carbocycles. The number of nitriles is 1. The number of thiazole rings is 1. The van der Waals surface area contributed by atoms with E-state index in [1.54, 1.807) is 11.3 Å². The molecule has 3 heteroatoms. The molecular weight excluding hydrogens is 264 g/mol. The van der Waals surface area contributed by atoms with E-state index in [4.69, 9.17) is 0 Å². The van der Waals surface area contributed by atoms with E-state index < -0.39 is 0 Å². The van der Waals surface area contributed by atoms with Crippen LogP contribution in [-0.2, 0) is 19.3 Å². The second-order valence-electron chi connectivity index (χ2n) is 5.76. The maximum Gasteiger partial charge on any atom is 0.0946 e. The second-order valence-corrected chi connectivity index (χ2v) is 7.05. The van der Waals surface area contributed by atoms with Crippen molar-refractivity contribution in [3.63, 3.8) is 0 Å². The van der Waals surface area contributed by atoms with Crippen molar-refractivity contribution in [3.05, 3.63) is 51.0 Å². The molecule has 1 aliphatic rings. The first-order valence-electron chi connectivity index (χ1n) is 7.03. The predicted octanol–water partition coefficient (Wildman–Crippen LogP) is 4.00. The molecule has 1 aromatic heterocycles. The number of benzene rings is 1. The lowest BCUT2D eigenvalue weighted by Crippen LogP contribution is -2.29. The number of rotatable bonds is 2. The van der Waals surface area contributed by atoms with Crippen molar-refractivity contribution in [2.75, 3.05) is 0 Å². The van der Waals surface area contributed by atoms with Gasteiger partial charge in [-0.15, -0.1) is 11.3 Å². The summed E-state index contributed by atoms with van der Waals surface area (Å²) in [6, 6.07) is 11.1. The van der Waals surface area contributed by atoms with Crippen LogP contribution < -0.4 is 0 Å². The Labute approximate surface area is 124 Å². The normalized spacial score (nSPS) is 21.2. The molecule has 2 nitrogen and oxygen atoms in total. The van der Waals surface area contributed by atoms with E-state index in [0.29, 0.717) is 0 Å². The Morgan fingerprint density at radius 1 is 1.30 bits per heavy atom. The lowest BCUT2D eigenvalue weighted by Gasteiger charge is -2.31. The van der Waals surface area contributed by atoms with Gasteiger partial charge in [0.1, 0.15) is 0 Å². The summed E-state index contributed by atoms with van der Waals surface area (Å²) < 4.78 is 0. The van der Waals surface area contributed by atoms with Crippen LogP contribution in [0.25, 0.3) is 0 Å². The van der Waals surface area contributed by atoms with Gasteiger partial charge < -0.3 is 0 Å². The first-order valence-corrected chi connectivity index (χ1v) is 7.84. The minimum Gasteiger partial charge on any atom is -0.246 e. The van der Waals surface area contributed by atoms with E-state index in [2.05, 4.69) is 42.2 Å². The fourth-order valence-electron chi connectivity index (χ4n) is 2.99. The molecule has 0 saturated heterocycles. The zero-order valence-corrected chi connectivity index (χ0v) is 12.8. The summed E-state index contributed by atoms with van der Waals surface area (Å²) in [5.41, 5.74) is 3.58. The molecule has 0 saturated carbocycles. The predicted molar refractivity (Wildman–Crippen MR) is 81.8 cm³/mol. The molecule has 3 rings (SSSR count). The highest BCUT2D eigenvalue weighted by Crippen LogP contribution is 2.38. The van der Waals surface area contributed by atoms with E-state index in [9.17, 15) is 5.26 Å². The van der Waals surface area contributed by atoms with Crippen molar-refractivity contribution < 1.29 is 0 Å². The molecule has 1 heterocycles. The molecule has 0 radical (unpaired) electrons. The molecular formula is C17H18N2S. The van der Waals surface area contributed by atoms with Gasteiger partial charge in [0.25, 0.3) is 0 Å². The first kappa shape index (κ1) is 13.3. The average Bonchev–Trinajstić information content (AvgIpc) is 2.77. The summed E-state index contributed by atoms with van der Waals surface area (Å²) in [4.78, 5) is 5.89. The van der Waals surface area contributed by atoms with Gasteiger partial charge in [0.15, 0.2) is 0 Å². The fourth-order valence-corrected chi connectivity index (χ4v) is 4.07. The molecule has 0 aliphatic heterocycles. The highest BCUT2D eigenvalue weighted by molar-refractivity contribution is 7.11. The third-order valence-corrected chi connectivity index (χ3v) is 5.39. The van der Waals surface area contributed by atoms with Crippen LogP contribution >= 0.6 is 11.3 Å². The summed E-state index contributed by atoms with van der Waals surface area (Å²) in [5, 5.41) is 10.8. The van der Waals surface area contributed by atoms with Crippen molar-refractivity contribution in [3.8, 4) is 6.07 Å². The molecule has 0 N–H and O–H groups in total. The van der Waals surface area contributed by atoms with Crippen LogP contribution in [0.3, 0.4) is 0 Å². The van der Waals surface area contributed by atoms with Gasteiger partial charge in [-0.05, 0) is 44.2 Å². The highest BCUT2D eigenvalue weighted by atomic mass is 32.1. The third-order valence-electron chi connectivity index (χ3n) is 4.32. The number of aryl methyl sites for hydroxylation is 3. The lowest BCUT2D eigenvalue weighted by molar-refractivity contribution is 0.339. The van der Waals surface area contributed by atoms with Crippen LogP contribution in [0.5, 0.6) is 0 Å². The molecule has 2 aromatic rings. The summed E-state index contributed by atoms with van der Waals surface area (Å²) >= 11 is 1.74. The number of nitrogens with zero attached hydrogens (tertiary/aromatic N) is 2. The van der Waals surface area contributed by atoms with Gasteiger partial charge in [0, 0.05) is 11.3 Å². The van der Waals surface area contributed by atoms with E-state index in [1.807, 2.05) is 6.92 Å². The van der Waals surface area contributed by atoms with Crippen LogP contribution in [0.4, 0.5) is 0 Å². The molecule has 0 fully saturated rings. The Hall–Kier alpha value is -1.66. The van der Waals surface area contributed by atoms with Crippen LogP contribution in [0.2, 0.25) is 0 Å². The third kappa shape index (κ3) is 2.36. The van der Waals surface area contributed by atoms with Crippen LogP contribution in [0, 0.1) is 30.6 Å². The Kier molecular flexibility index (Phi) is 3.35. The maximum absolute atomic E-state index is 9.73. The number of aromatic nitrogens is 1. The lowest BCUT2D eigenvalue weighted by atomic mass is 9.71. The monoisotopic (exact) mass is 282 g/mol. The number of hydrogen-bond acceptors (Lipinski definition) is 3. The van der Waals surface area contributed by atoms with Gasteiger partial charge in [-0.2, -0.15) is 5.26 Å². The van der Waals surface area contributed by atoms with E-state index in [1.165, 1.54) is 16.0 Å². The fraction of sp³-hybridized carbons (Fsp3) is 0.412. The van der Waals surface area contributed by atoms with E-state index >= 15 is 0 Å². The quantitative estimate of drug-likeness (QED) is 0.834. The molecule has 0 bridgehead atoms. The molecule has 1 unspecified atom stereocenters. The summed E-state index contributed by atoms with van der Waals surface area (Å²) in [6.07, 6.45) is 3.60. The molecule has 20 heavy (non-hydrogen) atoms. The molecule has 0 amide bonds. The average molecular weight is 282 g/mol. The topological polar surface area (TPSA) is 36.7 Å². The Morgan fingerprint density at radius 2 is 2.05 bits per heavy atom. The molecule has 1 atom stereocenters. The van der Waals surface area contributed by atoms with Crippen molar-refractivity contribution in [2.45, 2.75) is 39.5 Å². The Bertz CT molecular complexity index is 661. The van der Waals surface area contributed by atoms with Gasteiger partial charge in [0.2, 0.25) is 0 Å². The zero-order chi connectivity index (χ0) is 14.2. The van der Waals surface area contributed by atoms with Crippen LogP contribution in [0.15, 0.2) is 24.3 Å². The SMILES string of the molecule is Cc1nc(CC2(C#N)CCc3ccccc3C2)sc1C. The maximum atomic E-state index is 9.73. The van der Waals surface area contributed by atoms with Crippen LogP contribution in [-0.4, -0.2) is 4.98 Å². The van der Waals surface area contributed by atoms with Crippen molar-refractivity contribution >= 4 is 11.3 Å².